The van der Waals surface area contributed by atoms with Gasteiger partial charge in [-0.3, -0.25) is 14.8 Å². The van der Waals surface area contributed by atoms with E-state index in [0.717, 1.165) is 46.9 Å². The maximum atomic E-state index is 11.8. The number of nitrogens with zero attached hydrogens (tertiary/aromatic N) is 4. The molecule has 0 saturated heterocycles. The Bertz CT molecular complexity index is 1180. The molecule has 0 aliphatic carbocycles. The fourth-order valence-electron chi connectivity index (χ4n) is 3.70. The van der Waals surface area contributed by atoms with Crippen molar-refractivity contribution in [3.8, 4) is 0 Å². The summed E-state index contributed by atoms with van der Waals surface area (Å²) >= 11 is 0. The Morgan fingerprint density at radius 3 is 2.75 bits per heavy atom. The van der Waals surface area contributed by atoms with E-state index in [1.807, 2.05) is 48.7 Å². The van der Waals surface area contributed by atoms with Gasteiger partial charge in [0.05, 0.1) is 25.7 Å². The van der Waals surface area contributed by atoms with E-state index in [1.165, 1.54) is 0 Å². The zero-order valence-electron chi connectivity index (χ0n) is 21.2. The van der Waals surface area contributed by atoms with Crippen LogP contribution in [0.2, 0.25) is 0 Å². The molecule has 8 heteroatoms. The Morgan fingerprint density at radius 1 is 1.31 bits per heavy atom. The van der Waals surface area contributed by atoms with Crippen molar-refractivity contribution in [2.24, 2.45) is 9.98 Å². The molecule has 2 aromatic rings. The first-order valence-electron chi connectivity index (χ1n) is 12.0. The molecule has 1 aromatic carbocycles. The highest BCUT2D eigenvalue weighted by atomic mass is 16.5. The third-order valence-corrected chi connectivity index (χ3v) is 5.54. The van der Waals surface area contributed by atoms with Crippen LogP contribution in [0.5, 0.6) is 0 Å². The monoisotopic (exact) mass is 486 g/mol. The van der Waals surface area contributed by atoms with Crippen molar-refractivity contribution in [3.63, 3.8) is 0 Å². The second-order valence-corrected chi connectivity index (χ2v) is 8.23. The number of allylic oxidation sites excluding steroid dienone is 3. The number of carbonyl (C=O) groups is 1. The molecule has 0 fully saturated rings. The molecule has 1 aliphatic rings. The van der Waals surface area contributed by atoms with Gasteiger partial charge in [0.15, 0.2) is 0 Å². The Hall–Kier alpha value is -4.20. The third-order valence-electron chi connectivity index (χ3n) is 5.54. The van der Waals surface area contributed by atoms with Crippen molar-refractivity contribution < 1.29 is 9.53 Å². The van der Waals surface area contributed by atoms with Crippen molar-refractivity contribution >= 4 is 18.1 Å². The lowest BCUT2D eigenvalue weighted by atomic mass is 10.1. The summed E-state index contributed by atoms with van der Waals surface area (Å²) < 4.78 is 5.77. The van der Waals surface area contributed by atoms with E-state index in [9.17, 15) is 4.79 Å². The minimum atomic E-state index is 0.0570. The highest BCUT2D eigenvalue weighted by Crippen LogP contribution is 2.13. The van der Waals surface area contributed by atoms with Crippen molar-refractivity contribution in [2.75, 3.05) is 20.1 Å². The second-order valence-electron chi connectivity index (χ2n) is 8.23. The number of carbonyl (C=O) groups excluding carboxylic acids is 1. The minimum Gasteiger partial charge on any atom is -0.446 e. The molecule has 0 atom stereocenters. The standard InChI is InChI=1S/C28H34N6O2/c1-5-15-34(21(3)35)19-27-31-18-25(33-27)17-22-9-11-24(12-10-22)28(29-4)36-16-7-8-23(6-2)26-13-14-30-20-32-26/h6-13,16,18,20H,2,5,14-15,17,19H2,1,3-4H3,(H,30,32)(H,31,33)/b16-7+,23-8+,29-28?. The normalized spacial score (nSPS) is 13.9. The van der Waals surface area contributed by atoms with Gasteiger partial charge >= 0.3 is 0 Å². The summed E-state index contributed by atoms with van der Waals surface area (Å²) in [5.74, 6) is 1.38. The van der Waals surface area contributed by atoms with Crippen LogP contribution in [0.1, 0.15) is 42.9 Å². The summed E-state index contributed by atoms with van der Waals surface area (Å²) in [4.78, 5) is 29.7. The Balaban J connectivity index is 1.57. The maximum Gasteiger partial charge on any atom is 0.220 e. The summed E-state index contributed by atoms with van der Waals surface area (Å²) in [6, 6.07) is 8.07. The molecule has 3 rings (SSSR count). The number of ether oxygens (including phenoxy) is 1. The van der Waals surface area contributed by atoms with Gasteiger partial charge in [-0.1, -0.05) is 31.7 Å². The van der Waals surface area contributed by atoms with Gasteiger partial charge in [-0.15, -0.1) is 0 Å². The average molecular weight is 487 g/mol. The highest BCUT2D eigenvalue weighted by molar-refractivity contribution is 5.94. The second kappa shape index (κ2) is 13.6. The van der Waals surface area contributed by atoms with Crippen LogP contribution in [0.15, 0.2) is 88.9 Å². The number of hydrogen-bond acceptors (Lipinski definition) is 6. The predicted octanol–water partition coefficient (Wildman–Crippen LogP) is 4.29. The summed E-state index contributed by atoms with van der Waals surface area (Å²) in [6.07, 6.45) is 14.3. The molecule has 2 heterocycles. The quantitative estimate of drug-likeness (QED) is 0.214. The van der Waals surface area contributed by atoms with Crippen molar-refractivity contribution in [3.05, 3.63) is 102 Å². The highest BCUT2D eigenvalue weighted by Gasteiger charge is 2.11. The summed E-state index contributed by atoms with van der Waals surface area (Å²) in [5, 5.41) is 3.11. The molecule has 36 heavy (non-hydrogen) atoms. The number of aromatic nitrogens is 2. The molecule has 0 saturated carbocycles. The SMILES string of the molecule is C=C/C(=C\C=C\OC(=NC)c1ccc(Cc2cnc(CN(CCC)C(C)=O)[nH]2)cc1)C1=CCN=CN1. The number of rotatable bonds is 11. The van der Waals surface area contributed by atoms with Crippen LogP contribution in [0.25, 0.3) is 0 Å². The van der Waals surface area contributed by atoms with Crippen LogP contribution in [0.4, 0.5) is 0 Å². The van der Waals surface area contributed by atoms with E-state index in [0.29, 0.717) is 25.4 Å². The lowest BCUT2D eigenvalue weighted by Gasteiger charge is -2.18. The Kier molecular flexibility index (Phi) is 10.00. The van der Waals surface area contributed by atoms with Gasteiger partial charge in [-0.25, -0.2) is 4.98 Å². The number of amides is 1. The van der Waals surface area contributed by atoms with E-state index in [2.05, 4.69) is 38.8 Å². The number of nitrogens with one attached hydrogen (secondary N) is 2. The number of hydrogen-bond donors (Lipinski definition) is 2. The lowest BCUT2D eigenvalue weighted by Crippen LogP contribution is -2.29. The summed E-state index contributed by atoms with van der Waals surface area (Å²) in [6.45, 7) is 9.38. The number of aromatic amines is 1. The smallest absolute Gasteiger partial charge is 0.220 e. The van der Waals surface area contributed by atoms with Gasteiger partial charge in [-0.05, 0) is 47.9 Å². The molecular formula is C28H34N6O2. The summed E-state index contributed by atoms with van der Waals surface area (Å²) in [7, 11) is 1.70. The first kappa shape index (κ1) is 26.4. The molecule has 1 aliphatic heterocycles. The zero-order valence-corrected chi connectivity index (χ0v) is 21.2. The lowest BCUT2D eigenvalue weighted by molar-refractivity contribution is -0.129. The number of benzene rings is 1. The van der Waals surface area contributed by atoms with Crippen LogP contribution in [-0.4, -0.2) is 53.1 Å². The Labute approximate surface area is 212 Å². The van der Waals surface area contributed by atoms with Gasteiger partial charge in [0.25, 0.3) is 0 Å². The van der Waals surface area contributed by atoms with E-state index in [4.69, 9.17) is 4.74 Å². The molecule has 2 N–H and O–H groups in total. The first-order valence-corrected chi connectivity index (χ1v) is 12.0. The average Bonchev–Trinajstić information content (AvgIpc) is 3.34. The minimum absolute atomic E-state index is 0.0570. The summed E-state index contributed by atoms with van der Waals surface area (Å²) in [5.41, 5.74) is 4.92. The van der Waals surface area contributed by atoms with Crippen LogP contribution >= 0.6 is 0 Å². The van der Waals surface area contributed by atoms with Gasteiger partial charge < -0.3 is 19.9 Å². The molecule has 0 spiro atoms. The molecule has 0 bridgehead atoms. The van der Waals surface area contributed by atoms with E-state index >= 15 is 0 Å². The third kappa shape index (κ3) is 7.66. The van der Waals surface area contributed by atoms with E-state index in [1.54, 1.807) is 37.5 Å². The number of H-pyrrole nitrogens is 1. The van der Waals surface area contributed by atoms with E-state index in [-0.39, 0.29) is 5.91 Å². The van der Waals surface area contributed by atoms with Gasteiger partial charge in [-0.2, -0.15) is 0 Å². The van der Waals surface area contributed by atoms with Crippen LogP contribution in [0.3, 0.4) is 0 Å². The van der Waals surface area contributed by atoms with Crippen LogP contribution < -0.4 is 5.32 Å². The number of imidazole rings is 1. The maximum absolute atomic E-state index is 11.8. The van der Waals surface area contributed by atoms with Gasteiger partial charge in [0.1, 0.15) is 5.82 Å². The molecular weight excluding hydrogens is 452 g/mol. The van der Waals surface area contributed by atoms with Crippen LogP contribution in [0, 0.1) is 0 Å². The zero-order chi connectivity index (χ0) is 25.8. The molecule has 0 unspecified atom stereocenters. The topological polar surface area (TPSA) is 95.0 Å². The van der Waals surface area contributed by atoms with Gasteiger partial charge in [0.2, 0.25) is 11.8 Å². The van der Waals surface area contributed by atoms with Crippen molar-refractivity contribution in [2.45, 2.75) is 33.2 Å². The first-order chi connectivity index (χ1) is 17.5. The van der Waals surface area contributed by atoms with E-state index < -0.39 is 0 Å². The van der Waals surface area contributed by atoms with Crippen molar-refractivity contribution in [1.29, 1.82) is 0 Å². The molecule has 8 nitrogen and oxygen atoms in total. The van der Waals surface area contributed by atoms with Crippen LogP contribution in [-0.2, 0) is 22.5 Å². The van der Waals surface area contributed by atoms with Crippen molar-refractivity contribution in [1.82, 2.24) is 20.2 Å². The molecule has 188 valence electrons. The fourth-order valence-corrected chi connectivity index (χ4v) is 3.70. The fraction of sp³-hybridized carbons (Fsp3) is 0.286. The molecule has 1 amide bonds. The van der Waals surface area contributed by atoms with Gasteiger partial charge in [0, 0.05) is 50.1 Å². The largest absolute Gasteiger partial charge is 0.446 e. The Morgan fingerprint density at radius 2 is 2.11 bits per heavy atom. The molecule has 0 radical (unpaired) electrons. The number of aliphatic imine (C=N–C) groups is 2. The predicted molar refractivity (Wildman–Crippen MR) is 145 cm³/mol. The molecule has 1 aromatic heterocycles.